The van der Waals surface area contributed by atoms with Crippen molar-refractivity contribution in [3.8, 4) is 0 Å². The molecule has 1 aromatic heterocycles. The van der Waals surface area contributed by atoms with Crippen LogP contribution in [0.2, 0.25) is 0 Å². The Morgan fingerprint density at radius 2 is 1.23 bits per heavy atom. The molecule has 1 aromatic rings. The third-order valence-electron chi connectivity index (χ3n) is 6.54. The van der Waals surface area contributed by atoms with Gasteiger partial charge in [-0.25, -0.2) is 0 Å². The second-order valence-corrected chi connectivity index (χ2v) is 9.41. The molecule has 0 aliphatic carbocycles. The lowest BCUT2D eigenvalue weighted by Gasteiger charge is -2.39. The molecule has 0 bridgehead atoms. The van der Waals surface area contributed by atoms with Crippen LogP contribution in [0.25, 0.3) is 0 Å². The van der Waals surface area contributed by atoms with Crippen molar-refractivity contribution in [3.63, 3.8) is 0 Å². The summed E-state index contributed by atoms with van der Waals surface area (Å²) < 4.78 is 0. The van der Waals surface area contributed by atoms with E-state index in [0.717, 1.165) is 38.6 Å². The smallest absolute Gasteiger partial charge is 0.232 e. The molecule has 3 saturated heterocycles. The topological polar surface area (TPSA) is 173 Å². The number of aliphatic hydroxyl groups excluding tert-OH is 1. The molecular weight excluding hydrogens is 396 g/mol. The summed E-state index contributed by atoms with van der Waals surface area (Å²) in [5, 5.41) is 9.56. The molecule has 0 radical (unpaired) electrons. The van der Waals surface area contributed by atoms with E-state index in [4.69, 9.17) is 37.9 Å². The average Bonchev–Trinajstić information content (AvgIpc) is 2.73. The van der Waals surface area contributed by atoms with E-state index in [2.05, 4.69) is 14.7 Å². The molecule has 1 unspecified atom stereocenters. The molecular formula is C20H38N10O. The molecule has 9 N–H and O–H groups in total. The second-order valence-electron chi connectivity index (χ2n) is 9.41. The first-order chi connectivity index (χ1) is 14.9. The second kappa shape index (κ2) is 9.78. The first-order valence-corrected chi connectivity index (χ1v) is 11.6. The predicted molar refractivity (Wildman–Crippen MR) is 122 cm³/mol. The first-order valence-electron chi connectivity index (χ1n) is 11.6. The number of nitrogens with two attached hydrogens (primary N) is 4. The number of nitrogens with zero attached hydrogens (tertiary/aromatic N) is 6. The third-order valence-corrected chi connectivity index (χ3v) is 6.54. The van der Waals surface area contributed by atoms with Crippen LogP contribution in [-0.4, -0.2) is 89.6 Å². The minimum atomic E-state index is -0.0126. The van der Waals surface area contributed by atoms with E-state index in [-0.39, 0.29) is 36.8 Å². The molecule has 4 rings (SSSR count). The molecule has 31 heavy (non-hydrogen) atoms. The fraction of sp³-hybridized carbons (Fsp3) is 0.850. The number of hydrogen-bond donors (Lipinski definition) is 5. The summed E-state index contributed by atoms with van der Waals surface area (Å²) in [4.78, 5) is 20.9. The molecule has 3 aliphatic heterocycles. The number of piperidine rings is 3. The van der Waals surface area contributed by atoms with Gasteiger partial charge in [-0.15, -0.1) is 0 Å². The van der Waals surface area contributed by atoms with Crippen LogP contribution in [0.4, 0.5) is 17.8 Å². The van der Waals surface area contributed by atoms with Crippen LogP contribution in [0.5, 0.6) is 0 Å². The number of aliphatic hydroxyl groups is 1. The van der Waals surface area contributed by atoms with Crippen LogP contribution in [0.1, 0.15) is 38.5 Å². The molecule has 4 heterocycles. The molecule has 3 fully saturated rings. The molecule has 11 nitrogen and oxygen atoms in total. The van der Waals surface area contributed by atoms with Gasteiger partial charge in [0.1, 0.15) is 0 Å². The van der Waals surface area contributed by atoms with E-state index in [1.165, 1.54) is 0 Å². The Morgan fingerprint density at radius 1 is 0.742 bits per heavy atom. The van der Waals surface area contributed by atoms with Crippen molar-refractivity contribution in [2.45, 2.75) is 68.7 Å². The van der Waals surface area contributed by atoms with E-state index < -0.39 is 0 Å². The highest BCUT2D eigenvalue weighted by Crippen LogP contribution is 2.28. The zero-order valence-electron chi connectivity index (χ0n) is 18.3. The van der Waals surface area contributed by atoms with Crippen LogP contribution < -0.4 is 37.6 Å². The number of aromatic nitrogens is 3. The SMILES string of the molecule is N[C@@H]1C[C@H](N)CN(c2nc(N3C[C@H](N)C[C@H](N)C3)nc(N3CCCCC3CCO)n2)C1. The lowest BCUT2D eigenvalue weighted by molar-refractivity contribution is 0.261. The van der Waals surface area contributed by atoms with Gasteiger partial charge in [0, 0.05) is 69.5 Å². The monoisotopic (exact) mass is 434 g/mol. The maximum Gasteiger partial charge on any atom is 0.232 e. The van der Waals surface area contributed by atoms with Crippen molar-refractivity contribution in [2.75, 3.05) is 54.0 Å². The van der Waals surface area contributed by atoms with Gasteiger partial charge in [0.05, 0.1) is 0 Å². The Morgan fingerprint density at radius 3 is 1.71 bits per heavy atom. The van der Waals surface area contributed by atoms with Crippen LogP contribution >= 0.6 is 0 Å². The Balaban J connectivity index is 1.69. The molecule has 11 heteroatoms. The first kappa shape index (κ1) is 22.4. The summed E-state index contributed by atoms with van der Waals surface area (Å²) in [6, 6.07) is 0.170. The van der Waals surface area contributed by atoms with Gasteiger partial charge in [-0.05, 0) is 38.5 Å². The number of rotatable bonds is 5. The van der Waals surface area contributed by atoms with Gasteiger partial charge in [0.25, 0.3) is 0 Å². The van der Waals surface area contributed by atoms with Gasteiger partial charge >= 0.3 is 0 Å². The molecule has 0 spiro atoms. The largest absolute Gasteiger partial charge is 0.396 e. The third kappa shape index (κ3) is 5.35. The molecule has 5 atom stereocenters. The number of anilines is 3. The van der Waals surface area contributed by atoms with E-state index in [1.807, 2.05) is 0 Å². The van der Waals surface area contributed by atoms with Crippen LogP contribution in [-0.2, 0) is 0 Å². The Kier molecular flexibility index (Phi) is 7.07. The Hall–Kier alpha value is -1.79. The van der Waals surface area contributed by atoms with Gasteiger partial charge in [-0.3, -0.25) is 0 Å². The van der Waals surface area contributed by atoms with Crippen molar-refractivity contribution in [1.29, 1.82) is 0 Å². The van der Waals surface area contributed by atoms with Crippen molar-refractivity contribution in [3.05, 3.63) is 0 Å². The zero-order chi connectivity index (χ0) is 22.0. The zero-order valence-corrected chi connectivity index (χ0v) is 18.3. The summed E-state index contributed by atoms with van der Waals surface area (Å²) in [5.41, 5.74) is 25.0. The highest BCUT2D eigenvalue weighted by molar-refractivity contribution is 5.48. The van der Waals surface area contributed by atoms with Crippen molar-refractivity contribution in [2.24, 2.45) is 22.9 Å². The van der Waals surface area contributed by atoms with Crippen molar-refractivity contribution < 1.29 is 5.11 Å². The molecule has 3 aliphatic rings. The van der Waals surface area contributed by atoms with Gasteiger partial charge < -0.3 is 42.7 Å². The van der Waals surface area contributed by atoms with Gasteiger partial charge in [-0.1, -0.05) is 0 Å². The summed E-state index contributed by atoms with van der Waals surface area (Å²) in [5.74, 6) is 1.86. The summed E-state index contributed by atoms with van der Waals surface area (Å²) in [7, 11) is 0. The lowest BCUT2D eigenvalue weighted by Crippen LogP contribution is -2.54. The number of hydrogen-bond acceptors (Lipinski definition) is 11. The van der Waals surface area contributed by atoms with E-state index >= 15 is 0 Å². The lowest BCUT2D eigenvalue weighted by atomic mass is 10.0. The predicted octanol–water partition coefficient (Wildman–Crippen LogP) is -1.66. The van der Waals surface area contributed by atoms with E-state index in [1.54, 1.807) is 0 Å². The summed E-state index contributed by atoms with van der Waals surface area (Å²) in [6.07, 6.45) is 5.55. The molecule has 174 valence electrons. The standard InChI is InChI=1S/C20H38N10O/c21-13-7-14(22)10-28(9-13)18-25-19(29-11-15(23)8-16(24)12-29)27-20(26-18)30-5-2-1-3-17(30)4-6-31/h13-17,31H,1-12,21-24H2/t13-,14+,15-,16+,17?. The highest BCUT2D eigenvalue weighted by atomic mass is 16.3. The van der Waals surface area contributed by atoms with Crippen molar-refractivity contribution in [1.82, 2.24) is 15.0 Å². The van der Waals surface area contributed by atoms with E-state index in [9.17, 15) is 5.11 Å². The van der Waals surface area contributed by atoms with Crippen LogP contribution in [0.15, 0.2) is 0 Å². The van der Waals surface area contributed by atoms with Crippen molar-refractivity contribution >= 4 is 17.8 Å². The fourth-order valence-electron chi connectivity index (χ4n) is 5.15. The minimum Gasteiger partial charge on any atom is -0.396 e. The molecule has 0 amide bonds. The van der Waals surface area contributed by atoms with Crippen LogP contribution in [0, 0.1) is 0 Å². The average molecular weight is 435 g/mol. The quantitative estimate of drug-likeness (QED) is 0.359. The normalized spacial score (nSPS) is 32.4. The molecule has 0 saturated carbocycles. The van der Waals surface area contributed by atoms with Gasteiger partial charge in [0.2, 0.25) is 17.8 Å². The van der Waals surface area contributed by atoms with Gasteiger partial charge in [-0.2, -0.15) is 15.0 Å². The Labute approximate surface area is 184 Å². The Bertz CT molecular complexity index is 670. The highest BCUT2D eigenvalue weighted by Gasteiger charge is 2.31. The maximum atomic E-state index is 9.56. The maximum absolute atomic E-state index is 9.56. The molecule has 0 aromatic carbocycles. The summed E-state index contributed by atoms with van der Waals surface area (Å²) in [6.45, 7) is 3.67. The van der Waals surface area contributed by atoms with Gasteiger partial charge in [0.15, 0.2) is 0 Å². The van der Waals surface area contributed by atoms with Crippen LogP contribution in [0.3, 0.4) is 0 Å². The summed E-state index contributed by atoms with van der Waals surface area (Å²) >= 11 is 0. The van der Waals surface area contributed by atoms with E-state index in [0.29, 0.717) is 50.4 Å². The fourth-order valence-corrected chi connectivity index (χ4v) is 5.15. The minimum absolute atomic E-state index is 0.0126.